The highest BCUT2D eigenvalue weighted by Gasteiger charge is 2.12. The van der Waals surface area contributed by atoms with Crippen LogP contribution in [0.4, 0.5) is 5.82 Å². The second kappa shape index (κ2) is 6.60. The van der Waals surface area contributed by atoms with Crippen LogP contribution in [0.2, 0.25) is 0 Å². The number of benzene rings is 1. The van der Waals surface area contributed by atoms with Gasteiger partial charge in [0.25, 0.3) is 0 Å². The Morgan fingerprint density at radius 2 is 2.12 bits per heavy atom. The second-order valence-corrected chi connectivity index (χ2v) is 5.73. The maximum absolute atomic E-state index is 10.9. The molecule has 0 spiro atoms. The maximum atomic E-state index is 10.9. The van der Waals surface area contributed by atoms with E-state index in [1.165, 1.54) is 12.3 Å². The lowest BCUT2D eigenvalue weighted by molar-refractivity contribution is -0.118. The Morgan fingerprint density at radius 1 is 1.32 bits per heavy atom. The summed E-state index contributed by atoms with van der Waals surface area (Å²) in [6.45, 7) is 0.572. The zero-order valence-corrected chi connectivity index (χ0v) is 13.6. The van der Waals surface area contributed by atoms with E-state index in [0.717, 1.165) is 16.3 Å². The van der Waals surface area contributed by atoms with Crippen molar-refractivity contribution in [2.45, 2.75) is 19.4 Å². The number of nitrogens with one attached hydrogen (secondary N) is 1. The highest BCUT2D eigenvalue weighted by atomic mass is 16.1. The van der Waals surface area contributed by atoms with Crippen LogP contribution in [0.1, 0.15) is 18.4 Å². The van der Waals surface area contributed by atoms with E-state index >= 15 is 0 Å². The Morgan fingerprint density at radius 3 is 2.84 bits per heavy atom. The van der Waals surface area contributed by atoms with Crippen LogP contribution in [0.5, 0.6) is 0 Å². The summed E-state index contributed by atoms with van der Waals surface area (Å²) >= 11 is 0. The molecule has 8 heteroatoms. The molecule has 7 N–H and O–H groups in total. The summed E-state index contributed by atoms with van der Waals surface area (Å²) in [5, 5.41) is 14.1. The van der Waals surface area contributed by atoms with E-state index in [9.17, 15) is 4.79 Å². The van der Waals surface area contributed by atoms with Gasteiger partial charge in [-0.05, 0) is 30.8 Å². The molecule has 0 aliphatic carbocycles. The molecule has 0 aliphatic heterocycles. The fraction of sp³-hybridized carbons (Fsp3) is 0.176. The molecule has 128 valence electrons. The third kappa shape index (κ3) is 3.27. The van der Waals surface area contributed by atoms with Gasteiger partial charge in [-0.3, -0.25) is 9.48 Å². The Bertz CT molecular complexity index is 1000. The van der Waals surface area contributed by atoms with Crippen molar-refractivity contribution in [1.82, 2.24) is 14.8 Å². The molecule has 0 saturated carbocycles. The smallest absolute Gasteiger partial charge is 0.217 e. The van der Waals surface area contributed by atoms with Crippen LogP contribution in [0, 0.1) is 5.41 Å². The summed E-state index contributed by atoms with van der Waals surface area (Å²) in [6, 6.07) is 5.49. The van der Waals surface area contributed by atoms with Crippen LogP contribution in [0.25, 0.3) is 21.8 Å². The predicted octanol–water partition coefficient (Wildman–Crippen LogP) is 1.27. The van der Waals surface area contributed by atoms with E-state index < -0.39 is 0 Å². The molecule has 0 radical (unpaired) electrons. The van der Waals surface area contributed by atoms with Crippen LogP contribution in [-0.4, -0.2) is 26.4 Å². The number of carbonyl (C=O) groups is 1. The van der Waals surface area contributed by atoms with Crippen molar-refractivity contribution in [1.29, 1.82) is 5.41 Å². The number of hydrogen-bond donors (Lipinski definition) is 4. The van der Waals surface area contributed by atoms with Gasteiger partial charge in [-0.2, -0.15) is 5.10 Å². The number of nitrogen functional groups attached to an aromatic ring is 1. The van der Waals surface area contributed by atoms with Gasteiger partial charge in [0.2, 0.25) is 5.91 Å². The van der Waals surface area contributed by atoms with Gasteiger partial charge in [-0.25, -0.2) is 4.98 Å². The molecule has 0 atom stereocenters. The van der Waals surface area contributed by atoms with Crippen molar-refractivity contribution in [2.24, 2.45) is 11.5 Å². The van der Waals surface area contributed by atoms with Crippen LogP contribution in [-0.2, 0) is 11.3 Å². The first-order valence-electron chi connectivity index (χ1n) is 7.81. The predicted molar refractivity (Wildman–Crippen MR) is 98.0 cm³/mol. The molecule has 1 amide bonds. The van der Waals surface area contributed by atoms with Gasteiger partial charge in [-0.15, -0.1) is 0 Å². The quantitative estimate of drug-likeness (QED) is 0.500. The van der Waals surface area contributed by atoms with E-state index in [1.807, 2.05) is 18.3 Å². The molecule has 3 rings (SSSR count). The number of primary amides is 1. The van der Waals surface area contributed by atoms with Gasteiger partial charge in [0.15, 0.2) is 0 Å². The van der Waals surface area contributed by atoms with E-state index in [1.54, 1.807) is 10.7 Å². The number of aromatic nitrogens is 3. The second-order valence-electron chi connectivity index (χ2n) is 5.73. The zero-order valence-electron chi connectivity index (χ0n) is 13.6. The van der Waals surface area contributed by atoms with Crippen molar-refractivity contribution in [2.75, 3.05) is 5.73 Å². The molecule has 0 bridgehead atoms. The summed E-state index contributed by atoms with van der Waals surface area (Å²) in [5.74, 6) is 0.0477. The molecule has 3 aromatic rings. The van der Waals surface area contributed by atoms with E-state index in [0.29, 0.717) is 42.0 Å². The maximum Gasteiger partial charge on any atom is 0.217 e. The normalized spacial score (nSPS) is 11.5. The van der Waals surface area contributed by atoms with Crippen LogP contribution in [0.15, 0.2) is 36.7 Å². The summed E-state index contributed by atoms with van der Waals surface area (Å²) in [7, 11) is 0. The van der Waals surface area contributed by atoms with Crippen LogP contribution >= 0.6 is 0 Å². The molecule has 1 aromatic carbocycles. The summed E-state index contributed by atoms with van der Waals surface area (Å²) in [6.07, 6.45) is 5.58. The van der Waals surface area contributed by atoms with E-state index in [4.69, 9.17) is 22.6 Å². The molecule has 25 heavy (non-hydrogen) atoms. The van der Waals surface area contributed by atoms with Crippen molar-refractivity contribution in [3.8, 4) is 0 Å². The first-order chi connectivity index (χ1) is 12.0. The van der Waals surface area contributed by atoms with E-state index in [2.05, 4.69) is 10.1 Å². The molecule has 8 nitrogen and oxygen atoms in total. The summed E-state index contributed by atoms with van der Waals surface area (Å²) in [4.78, 5) is 15.3. The largest absolute Gasteiger partial charge is 0.405 e. The number of anilines is 1. The van der Waals surface area contributed by atoms with Gasteiger partial charge in [0, 0.05) is 30.1 Å². The van der Waals surface area contributed by atoms with Gasteiger partial charge < -0.3 is 22.6 Å². The molecule has 0 unspecified atom stereocenters. The number of rotatable bonds is 6. The topological polar surface area (TPSA) is 150 Å². The lowest BCUT2D eigenvalue weighted by Crippen LogP contribution is -2.11. The lowest BCUT2D eigenvalue weighted by atomic mass is 10.1. The molecular weight excluding hydrogens is 318 g/mol. The minimum absolute atomic E-state index is 0.293. The highest BCUT2D eigenvalue weighted by molar-refractivity contribution is 6.12. The number of nitrogens with two attached hydrogens (primary N) is 3. The van der Waals surface area contributed by atoms with E-state index in [-0.39, 0.29) is 5.91 Å². The number of nitrogens with zero attached hydrogens (tertiary/aromatic N) is 3. The molecule has 2 heterocycles. The van der Waals surface area contributed by atoms with Crippen molar-refractivity contribution < 1.29 is 4.79 Å². The minimum atomic E-state index is -0.329. The molecule has 0 aliphatic rings. The minimum Gasteiger partial charge on any atom is -0.405 e. The zero-order chi connectivity index (χ0) is 18.0. The third-order valence-corrected chi connectivity index (χ3v) is 3.92. The average Bonchev–Trinajstić information content (AvgIpc) is 2.99. The van der Waals surface area contributed by atoms with Crippen molar-refractivity contribution in [3.63, 3.8) is 0 Å². The Kier molecular flexibility index (Phi) is 4.34. The number of hydrogen-bond acceptors (Lipinski definition) is 6. The molecule has 0 saturated heterocycles. The number of carbonyl (C=O) groups excluding carboxylic acids is 1. The number of allylic oxidation sites excluding steroid dienone is 1. The first-order valence-corrected chi connectivity index (χ1v) is 7.81. The Hall–Kier alpha value is -3.42. The Labute approximate surface area is 143 Å². The standard InChI is InChI=1S/C17H19N7O/c18-6-5-13(19)10-3-4-11-14(8-10)22-17(21)12-9-24(23-16(11)12)7-1-2-15(20)25/h3-6,8-9,19H,1-2,7,18H2,(H2,20,25)(H2,21,22)/b6-5-,19-13?. The number of aryl methyl sites for hydroxylation is 1. The fourth-order valence-electron chi connectivity index (χ4n) is 2.71. The van der Waals surface area contributed by atoms with Gasteiger partial charge >= 0.3 is 0 Å². The molecular formula is C17H19N7O. The fourth-order valence-corrected chi connectivity index (χ4v) is 2.71. The van der Waals surface area contributed by atoms with Crippen molar-refractivity contribution in [3.05, 3.63) is 42.2 Å². The number of fused-ring (bicyclic) bond motifs is 3. The van der Waals surface area contributed by atoms with Gasteiger partial charge in [0.05, 0.1) is 16.6 Å². The molecule has 0 fully saturated rings. The lowest BCUT2D eigenvalue weighted by Gasteiger charge is -2.04. The van der Waals surface area contributed by atoms with Crippen molar-refractivity contribution >= 4 is 39.2 Å². The average molecular weight is 337 g/mol. The van der Waals surface area contributed by atoms with Crippen LogP contribution in [0.3, 0.4) is 0 Å². The monoisotopic (exact) mass is 337 g/mol. The SMILES string of the molecule is N=C(/C=C\N)c1ccc2c(c1)nc(N)c1cn(CCCC(N)=O)nc12. The third-order valence-electron chi connectivity index (χ3n) is 3.92. The highest BCUT2D eigenvalue weighted by Crippen LogP contribution is 2.27. The van der Waals surface area contributed by atoms with Gasteiger partial charge in [0.1, 0.15) is 11.3 Å². The van der Waals surface area contributed by atoms with Gasteiger partial charge in [-0.1, -0.05) is 6.07 Å². The number of amides is 1. The Balaban J connectivity index is 2.03. The van der Waals surface area contributed by atoms with Crippen LogP contribution < -0.4 is 17.2 Å². The molecule has 2 aromatic heterocycles. The summed E-state index contributed by atoms with van der Waals surface area (Å²) < 4.78 is 1.75. The first kappa shape index (κ1) is 16.4. The number of pyridine rings is 1. The summed E-state index contributed by atoms with van der Waals surface area (Å²) in [5.41, 5.74) is 19.0.